The Morgan fingerprint density at radius 2 is 2.00 bits per heavy atom. The van der Waals surface area contributed by atoms with Gasteiger partial charge in [-0.1, -0.05) is 6.08 Å². The van der Waals surface area contributed by atoms with Gasteiger partial charge < -0.3 is 0 Å². The SMILES string of the molecule is FC1(F)C=CC=CN1Br. The van der Waals surface area contributed by atoms with Gasteiger partial charge in [-0.3, -0.25) is 3.93 Å². The quantitative estimate of drug-likeness (QED) is 0.424. The molecule has 1 aliphatic heterocycles. The van der Waals surface area contributed by atoms with E-state index < -0.39 is 6.05 Å². The molecule has 0 atom stereocenters. The van der Waals surface area contributed by atoms with E-state index in [0.717, 1.165) is 6.08 Å². The van der Waals surface area contributed by atoms with Crippen LogP contribution in [-0.4, -0.2) is 9.97 Å². The molecular weight excluding hydrogens is 192 g/mol. The van der Waals surface area contributed by atoms with Crippen molar-refractivity contribution in [1.29, 1.82) is 0 Å². The Kier molecular flexibility index (Phi) is 1.57. The van der Waals surface area contributed by atoms with Crippen LogP contribution in [0, 0.1) is 0 Å². The lowest BCUT2D eigenvalue weighted by Gasteiger charge is -2.21. The summed E-state index contributed by atoms with van der Waals surface area (Å²) in [4.78, 5) is 0. The first-order chi connectivity index (χ1) is 4.13. The largest absolute Gasteiger partial charge is 0.354 e. The van der Waals surface area contributed by atoms with Gasteiger partial charge in [0.2, 0.25) is 0 Å². The van der Waals surface area contributed by atoms with Gasteiger partial charge in [0, 0.05) is 12.3 Å². The molecule has 0 amide bonds. The number of nitrogens with zero attached hydrogens (tertiary/aromatic N) is 1. The summed E-state index contributed by atoms with van der Waals surface area (Å²) in [5, 5.41) is 0. The molecule has 1 nitrogen and oxygen atoms in total. The van der Waals surface area contributed by atoms with Crippen LogP contribution in [0.5, 0.6) is 0 Å². The minimum Gasteiger partial charge on any atom is -0.251 e. The maximum absolute atomic E-state index is 12.3. The van der Waals surface area contributed by atoms with Gasteiger partial charge in [-0.2, -0.15) is 8.78 Å². The zero-order chi connectivity index (χ0) is 6.91. The van der Waals surface area contributed by atoms with Crippen LogP contribution >= 0.6 is 16.1 Å². The third-order valence-electron chi connectivity index (χ3n) is 0.910. The minimum atomic E-state index is -2.88. The van der Waals surface area contributed by atoms with Gasteiger partial charge in [0.05, 0.1) is 16.1 Å². The van der Waals surface area contributed by atoms with Crippen molar-refractivity contribution in [3.05, 3.63) is 24.4 Å². The molecule has 0 aromatic heterocycles. The van der Waals surface area contributed by atoms with Crippen LogP contribution in [0.25, 0.3) is 0 Å². The molecule has 0 fully saturated rings. The number of hydrogen-bond acceptors (Lipinski definition) is 1. The van der Waals surface area contributed by atoms with Crippen LogP contribution in [0.2, 0.25) is 0 Å². The van der Waals surface area contributed by atoms with Gasteiger partial charge in [-0.25, -0.2) is 0 Å². The first-order valence-corrected chi connectivity index (χ1v) is 3.03. The monoisotopic (exact) mass is 195 g/mol. The van der Waals surface area contributed by atoms with E-state index >= 15 is 0 Å². The summed E-state index contributed by atoms with van der Waals surface area (Å²) in [5.41, 5.74) is 0. The van der Waals surface area contributed by atoms with Crippen molar-refractivity contribution in [2.45, 2.75) is 6.05 Å². The van der Waals surface area contributed by atoms with Crippen molar-refractivity contribution >= 4 is 16.1 Å². The molecule has 50 valence electrons. The van der Waals surface area contributed by atoms with Crippen LogP contribution in [-0.2, 0) is 0 Å². The molecular formula is C5H4BrF2N. The fraction of sp³-hybridized carbons (Fsp3) is 0.200. The minimum absolute atomic E-state index is 0.667. The van der Waals surface area contributed by atoms with Crippen LogP contribution in [0.4, 0.5) is 8.78 Å². The van der Waals surface area contributed by atoms with Crippen molar-refractivity contribution in [3.63, 3.8) is 0 Å². The molecule has 0 N–H and O–H groups in total. The highest BCUT2D eigenvalue weighted by Gasteiger charge is 2.31. The van der Waals surface area contributed by atoms with Gasteiger partial charge in [0.15, 0.2) is 0 Å². The highest BCUT2D eigenvalue weighted by Crippen LogP contribution is 2.27. The molecule has 0 saturated heterocycles. The normalized spacial score (nSPS) is 22.8. The smallest absolute Gasteiger partial charge is 0.251 e. The lowest BCUT2D eigenvalue weighted by molar-refractivity contribution is -0.0223. The predicted molar refractivity (Wildman–Crippen MR) is 34.0 cm³/mol. The molecule has 0 aliphatic carbocycles. The number of halogens is 3. The van der Waals surface area contributed by atoms with E-state index in [1.807, 2.05) is 0 Å². The molecule has 0 aromatic rings. The van der Waals surface area contributed by atoms with Gasteiger partial charge in [-0.15, -0.1) is 0 Å². The summed E-state index contributed by atoms with van der Waals surface area (Å²) < 4.78 is 25.3. The number of alkyl halides is 2. The van der Waals surface area contributed by atoms with E-state index in [0.29, 0.717) is 3.93 Å². The maximum Gasteiger partial charge on any atom is 0.354 e. The Morgan fingerprint density at radius 1 is 1.33 bits per heavy atom. The molecule has 1 aliphatic rings. The second-order valence-electron chi connectivity index (χ2n) is 1.60. The average Bonchev–Trinajstić information content (AvgIpc) is 1.77. The molecule has 9 heavy (non-hydrogen) atoms. The first-order valence-electron chi connectivity index (χ1n) is 2.32. The predicted octanol–water partition coefficient (Wildman–Crippen LogP) is 2.27. The molecule has 0 radical (unpaired) electrons. The number of hydrogen-bond donors (Lipinski definition) is 0. The Bertz CT molecular complexity index is 164. The third kappa shape index (κ3) is 1.30. The number of rotatable bonds is 0. The third-order valence-corrected chi connectivity index (χ3v) is 1.62. The Balaban J connectivity index is 2.78. The summed E-state index contributed by atoms with van der Waals surface area (Å²) in [6.45, 7) is 0. The van der Waals surface area contributed by atoms with Crippen molar-refractivity contribution in [2.24, 2.45) is 0 Å². The van der Waals surface area contributed by atoms with E-state index in [-0.39, 0.29) is 0 Å². The molecule has 4 heteroatoms. The van der Waals surface area contributed by atoms with Crippen molar-refractivity contribution < 1.29 is 8.78 Å². The van der Waals surface area contributed by atoms with E-state index in [2.05, 4.69) is 16.1 Å². The van der Waals surface area contributed by atoms with Crippen molar-refractivity contribution in [3.8, 4) is 0 Å². The zero-order valence-corrected chi connectivity index (χ0v) is 5.98. The van der Waals surface area contributed by atoms with Gasteiger partial charge >= 0.3 is 6.05 Å². The Hall–Kier alpha value is -0.380. The highest BCUT2D eigenvalue weighted by molar-refractivity contribution is 9.07. The second-order valence-corrected chi connectivity index (χ2v) is 2.36. The summed E-state index contributed by atoms with van der Waals surface area (Å²) in [6, 6.07) is -2.88. The highest BCUT2D eigenvalue weighted by atomic mass is 79.9. The second kappa shape index (κ2) is 2.10. The van der Waals surface area contributed by atoms with Gasteiger partial charge in [0.25, 0.3) is 0 Å². The lowest BCUT2D eigenvalue weighted by atomic mass is 10.4. The van der Waals surface area contributed by atoms with Crippen molar-refractivity contribution in [2.75, 3.05) is 0 Å². The molecule has 1 rings (SSSR count). The van der Waals surface area contributed by atoms with Crippen LogP contribution in [0.3, 0.4) is 0 Å². The summed E-state index contributed by atoms with van der Waals surface area (Å²) in [7, 11) is 0. The summed E-state index contributed by atoms with van der Waals surface area (Å²) in [5.74, 6) is 0. The van der Waals surface area contributed by atoms with Gasteiger partial charge in [0.1, 0.15) is 0 Å². The fourth-order valence-electron chi connectivity index (χ4n) is 0.467. The lowest BCUT2D eigenvalue weighted by Crippen LogP contribution is -2.28. The van der Waals surface area contributed by atoms with Crippen LogP contribution < -0.4 is 0 Å². The van der Waals surface area contributed by atoms with Crippen LogP contribution in [0.15, 0.2) is 24.4 Å². The van der Waals surface area contributed by atoms with E-state index in [1.165, 1.54) is 18.4 Å². The van der Waals surface area contributed by atoms with Crippen LogP contribution in [0.1, 0.15) is 0 Å². The van der Waals surface area contributed by atoms with E-state index in [9.17, 15) is 8.78 Å². The van der Waals surface area contributed by atoms with Gasteiger partial charge in [-0.05, 0) is 6.08 Å². The molecule has 0 aromatic carbocycles. The van der Waals surface area contributed by atoms with E-state index in [1.54, 1.807) is 0 Å². The topological polar surface area (TPSA) is 3.24 Å². The molecule has 1 heterocycles. The molecule has 0 saturated carbocycles. The van der Waals surface area contributed by atoms with E-state index in [4.69, 9.17) is 0 Å². The molecule has 0 spiro atoms. The Morgan fingerprint density at radius 3 is 2.33 bits per heavy atom. The molecule has 0 unspecified atom stereocenters. The zero-order valence-electron chi connectivity index (χ0n) is 4.39. The first kappa shape index (κ1) is 6.74. The Labute approximate surface area is 60.0 Å². The maximum atomic E-state index is 12.3. The standard InChI is InChI=1S/C5H4BrF2N/c6-9-4-2-1-3-5(9,7)8/h1-4H. The van der Waals surface area contributed by atoms with Crippen molar-refractivity contribution in [1.82, 2.24) is 3.93 Å². The fourth-order valence-corrected chi connectivity index (χ4v) is 0.722. The number of allylic oxidation sites excluding steroid dienone is 2. The molecule has 0 bridgehead atoms. The summed E-state index contributed by atoms with van der Waals surface area (Å²) in [6.07, 6.45) is 4.88. The average molecular weight is 196 g/mol. The summed E-state index contributed by atoms with van der Waals surface area (Å²) >= 11 is 2.66.